The van der Waals surface area contributed by atoms with Gasteiger partial charge in [0, 0.05) is 6.20 Å². The van der Waals surface area contributed by atoms with E-state index in [9.17, 15) is 18.4 Å². The van der Waals surface area contributed by atoms with Gasteiger partial charge in [0.05, 0.1) is 6.54 Å². The van der Waals surface area contributed by atoms with Gasteiger partial charge in [-0.15, -0.1) is 0 Å². The molecule has 1 heterocycles. The molecule has 0 atom stereocenters. The predicted molar refractivity (Wildman–Crippen MR) is 50.4 cm³/mol. The van der Waals surface area contributed by atoms with Crippen molar-refractivity contribution in [2.24, 2.45) is 0 Å². The molecule has 0 fully saturated rings. The van der Waals surface area contributed by atoms with E-state index in [1.165, 1.54) is 22.9 Å². The Morgan fingerprint density at radius 2 is 2.19 bits per heavy atom. The third kappa shape index (κ3) is 3.34. The minimum atomic E-state index is -2.63. The van der Waals surface area contributed by atoms with Gasteiger partial charge in [-0.25, -0.2) is 8.78 Å². The summed E-state index contributed by atoms with van der Waals surface area (Å²) in [6.45, 7) is -1.14. The summed E-state index contributed by atoms with van der Waals surface area (Å²) in [6, 6.07) is 2.84. The number of hydrogen-bond donors (Lipinski definition) is 2. The summed E-state index contributed by atoms with van der Waals surface area (Å²) in [5.41, 5.74) is 0.0445. The number of aromatic nitrogens is 1. The van der Waals surface area contributed by atoms with Gasteiger partial charge in [0.25, 0.3) is 12.3 Å². The molecule has 0 aliphatic heterocycles. The SMILES string of the molecule is O=C(O)Cn1cccc1C(=O)NCC(F)F. The lowest BCUT2D eigenvalue weighted by Gasteiger charge is -2.07. The number of nitrogens with zero attached hydrogens (tertiary/aromatic N) is 1. The van der Waals surface area contributed by atoms with E-state index in [1.54, 1.807) is 0 Å². The number of aliphatic carboxylic acids is 1. The van der Waals surface area contributed by atoms with E-state index in [0.29, 0.717) is 0 Å². The molecule has 1 aromatic rings. The van der Waals surface area contributed by atoms with Crippen LogP contribution in [0.5, 0.6) is 0 Å². The van der Waals surface area contributed by atoms with Gasteiger partial charge in [-0.05, 0) is 12.1 Å². The molecule has 5 nitrogen and oxygen atoms in total. The molecular formula is C9H10F2N2O3. The second-order valence-corrected chi connectivity index (χ2v) is 3.02. The third-order valence-electron chi connectivity index (χ3n) is 1.78. The summed E-state index contributed by atoms with van der Waals surface area (Å²) in [6.07, 6.45) is -1.24. The molecular weight excluding hydrogens is 222 g/mol. The van der Waals surface area contributed by atoms with Gasteiger partial charge in [0.15, 0.2) is 0 Å². The minimum absolute atomic E-state index is 0.0445. The summed E-state index contributed by atoms with van der Waals surface area (Å²) in [4.78, 5) is 21.8. The molecule has 1 rings (SSSR count). The van der Waals surface area contributed by atoms with Crippen molar-refractivity contribution in [1.29, 1.82) is 0 Å². The van der Waals surface area contributed by atoms with Gasteiger partial charge >= 0.3 is 5.97 Å². The number of amides is 1. The monoisotopic (exact) mass is 232 g/mol. The van der Waals surface area contributed by atoms with Crippen molar-refractivity contribution < 1.29 is 23.5 Å². The summed E-state index contributed by atoms with van der Waals surface area (Å²) in [5.74, 6) is -1.83. The molecule has 0 aliphatic carbocycles. The average molecular weight is 232 g/mol. The first-order chi connectivity index (χ1) is 7.50. The Kier molecular flexibility index (Phi) is 3.98. The van der Waals surface area contributed by atoms with E-state index in [1.807, 2.05) is 5.32 Å². The largest absolute Gasteiger partial charge is 0.480 e. The average Bonchev–Trinajstić information content (AvgIpc) is 2.61. The second kappa shape index (κ2) is 5.24. The van der Waals surface area contributed by atoms with Crippen LogP contribution in [-0.2, 0) is 11.3 Å². The zero-order valence-electron chi connectivity index (χ0n) is 8.19. The lowest BCUT2D eigenvalue weighted by atomic mass is 10.4. The number of carbonyl (C=O) groups excluding carboxylic acids is 1. The molecule has 0 unspecified atom stereocenters. The van der Waals surface area contributed by atoms with Crippen LogP contribution in [0.15, 0.2) is 18.3 Å². The fraction of sp³-hybridized carbons (Fsp3) is 0.333. The number of carbonyl (C=O) groups is 2. The van der Waals surface area contributed by atoms with E-state index in [0.717, 1.165) is 0 Å². The summed E-state index contributed by atoms with van der Waals surface area (Å²) in [5, 5.41) is 10.5. The summed E-state index contributed by atoms with van der Waals surface area (Å²) in [7, 11) is 0. The molecule has 16 heavy (non-hydrogen) atoms. The molecule has 0 bridgehead atoms. The van der Waals surface area contributed by atoms with Crippen LogP contribution in [0.25, 0.3) is 0 Å². The molecule has 0 aromatic carbocycles. The van der Waals surface area contributed by atoms with E-state index < -0.39 is 24.8 Å². The molecule has 1 amide bonds. The molecule has 7 heteroatoms. The van der Waals surface area contributed by atoms with Crippen molar-refractivity contribution in [3.05, 3.63) is 24.0 Å². The highest BCUT2D eigenvalue weighted by atomic mass is 19.3. The zero-order valence-corrected chi connectivity index (χ0v) is 8.19. The Hall–Kier alpha value is -1.92. The maximum atomic E-state index is 11.8. The van der Waals surface area contributed by atoms with Gasteiger partial charge in [0.1, 0.15) is 12.2 Å². The maximum Gasteiger partial charge on any atom is 0.323 e. The van der Waals surface area contributed by atoms with Crippen molar-refractivity contribution in [2.75, 3.05) is 6.54 Å². The molecule has 1 aromatic heterocycles. The standard InChI is InChI=1S/C9H10F2N2O3/c10-7(11)4-12-9(16)6-2-1-3-13(6)5-8(14)15/h1-3,7H,4-5H2,(H,12,16)(H,14,15). The van der Waals surface area contributed by atoms with Crippen LogP contribution in [0.4, 0.5) is 8.78 Å². The van der Waals surface area contributed by atoms with Crippen LogP contribution in [0.2, 0.25) is 0 Å². The van der Waals surface area contributed by atoms with Crippen molar-refractivity contribution in [3.63, 3.8) is 0 Å². The fourth-order valence-electron chi connectivity index (χ4n) is 1.16. The van der Waals surface area contributed by atoms with E-state index in [2.05, 4.69) is 0 Å². The number of rotatable bonds is 5. The number of hydrogen-bond acceptors (Lipinski definition) is 2. The molecule has 0 radical (unpaired) electrons. The number of carboxylic acid groups (broad SMARTS) is 1. The van der Waals surface area contributed by atoms with Crippen LogP contribution >= 0.6 is 0 Å². The molecule has 0 saturated heterocycles. The quantitative estimate of drug-likeness (QED) is 0.779. The highest BCUT2D eigenvalue weighted by Gasteiger charge is 2.13. The van der Waals surface area contributed by atoms with Crippen molar-refractivity contribution in [1.82, 2.24) is 9.88 Å². The lowest BCUT2D eigenvalue weighted by molar-refractivity contribution is -0.137. The summed E-state index contributed by atoms with van der Waals surface area (Å²) >= 11 is 0. The predicted octanol–water partition coefficient (Wildman–Crippen LogP) is 0.568. The second-order valence-electron chi connectivity index (χ2n) is 3.02. The van der Waals surface area contributed by atoms with Crippen LogP contribution in [0, 0.1) is 0 Å². The first-order valence-electron chi connectivity index (χ1n) is 4.44. The van der Waals surface area contributed by atoms with E-state index in [-0.39, 0.29) is 12.2 Å². The van der Waals surface area contributed by atoms with Gasteiger partial charge in [-0.2, -0.15) is 0 Å². The van der Waals surface area contributed by atoms with Gasteiger partial charge < -0.3 is 15.0 Å². The topological polar surface area (TPSA) is 71.3 Å². The lowest BCUT2D eigenvalue weighted by Crippen LogP contribution is -2.30. The molecule has 0 saturated carbocycles. The first kappa shape index (κ1) is 12.2. The highest BCUT2D eigenvalue weighted by Crippen LogP contribution is 2.02. The number of nitrogens with one attached hydrogen (secondary N) is 1. The Labute approximate surface area is 89.7 Å². The van der Waals surface area contributed by atoms with Crippen LogP contribution in [0.1, 0.15) is 10.5 Å². The molecule has 2 N–H and O–H groups in total. The van der Waals surface area contributed by atoms with Crippen molar-refractivity contribution >= 4 is 11.9 Å². The van der Waals surface area contributed by atoms with Crippen LogP contribution in [-0.4, -0.2) is 34.5 Å². The molecule has 0 spiro atoms. The van der Waals surface area contributed by atoms with E-state index >= 15 is 0 Å². The Morgan fingerprint density at radius 3 is 2.75 bits per heavy atom. The van der Waals surface area contributed by atoms with Gasteiger partial charge in [-0.3, -0.25) is 9.59 Å². The Balaban J connectivity index is 2.68. The zero-order chi connectivity index (χ0) is 12.1. The number of carboxylic acids is 1. The van der Waals surface area contributed by atoms with Crippen molar-refractivity contribution in [3.8, 4) is 0 Å². The van der Waals surface area contributed by atoms with Crippen LogP contribution in [0.3, 0.4) is 0 Å². The molecule has 88 valence electrons. The number of alkyl halides is 2. The van der Waals surface area contributed by atoms with Gasteiger partial charge in [0.2, 0.25) is 0 Å². The third-order valence-corrected chi connectivity index (χ3v) is 1.78. The van der Waals surface area contributed by atoms with Gasteiger partial charge in [-0.1, -0.05) is 0 Å². The smallest absolute Gasteiger partial charge is 0.323 e. The van der Waals surface area contributed by atoms with E-state index in [4.69, 9.17) is 5.11 Å². The maximum absolute atomic E-state index is 11.8. The normalized spacial score (nSPS) is 10.4. The fourth-order valence-corrected chi connectivity index (χ4v) is 1.16. The van der Waals surface area contributed by atoms with Crippen molar-refractivity contribution in [2.45, 2.75) is 13.0 Å². The first-order valence-corrected chi connectivity index (χ1v) is 4.44. The Bertz CT molecular complexity index is 390. The Morgan fingerprint density at radius 1 is 1.50 bits per heavy atom. The summed E-state index contributed by atoms with van der Waals surface area (Å²) < 4.78 is 24.8. The number of halogens is 2. The highest BCUT2D eigenvalue weighted by molar-refractivity contribution is 5.93. The van der Waals surface area contributed by atoms with Crippen LogP contribution < -0.4 is 5.32 Å². The minimum Gasteiger partial charge on any atom is -0.480 e. The molecule has 0 aliphatic rings.